The molecular weight excluding hydrogens is 286 g/mol. The highest BCUT2D eigenvalue weighted by Gasteiger charge is 2.17. The summed E-state index contributed by atoms with van der Waals surface area (Å²) < 4.78 is 0. The molecule has 0 aliphatic heterocycles. The number of carbonyl (C=O) groups is 1. The number of phenolic OH excluding ortho intramolecular Hbond substituents is 1. The number of hydrogen-bond donors (Lipinski definition) is 1. The molecule has 2 rings (SSSR count). The quantitative estimate of drug-likeness (QED) is 0.858. The normalized spacial score (nSPS) is 10.4. The predicted octanol–water partition coefficient (Wildman–Crippen LogP) is 3.58. The standard InChI is InChI=1S/C17H18ClNO2/c1-13-11-15(20)7-8-16(13)17(21)19(10-9-18)12-14-5-3-2-4-6-14/h2-8,11,20H,9-10,12H2,1H3. The Kier molecular flexibility index (Phi) is 5.23. The van der Waals surface area contributed by atoms with Crippen molar-refractivity contribution in [2.45, 2.75) is 13.5 Å². The van der Waals surface area contributed by atoms with Crippen LogP contribution >= 0.6 is 11.6 Å². The van der Waals surface area contributed by atoms with Gasteiger partial charge < -0.3 is 10.0 Å². The first-order valence-electron chi connectivity index (χ1n) is 6.80. The van der Waals surface area contributed by atoms with Gasteiger partial charge in [0, 0.05) is 24.5 Å². The monoisotopic (exact) mass is 303 g/mol. The second-order valence-electron chi connectivity index (χ2n) is 4.90. The first kappa shape index (κ1) is 15.4. The third-order valence-corrected chi connectivity index (χ3v) is 3.47. The lowest BCUT2D eigenvalue weighted by Gasteiger charge is -2.23. The average Bonchev–Trinajstić information content (AvgIpc) is 2.47. The van der Waals surface area contributed by atoms with E-state index in [9.17, 15) is 9.90 Å². The van der Waals surface area contributed by atoms with Crippen LogP contribution in [0.15, 0.2) is 48.5 Å². The summed E-state index contributed by atoms with van der Waals surface area (Å²) in [7, 11) is 0. The van der Waals surface area contributed by atoms with Crippen LogP contribution in [0.4, 0.5) is 0 Å². The molecule has 21 heavy (non-hydrogen) atoms. The lowest BCUT2D eigenvalue weighted by Crippen LogP contribution is -2.32. The van der Waals surface area contributed by atoms with Gasteiger partial charge in [-0.05, 0) is 36.2 Å². The Balaban J connectivity index is 2.23. The second-order valence-corrected chi connectivity index (χ2v) is 5.28. The van der Waals surface area contributed by atoms with Crippen molar-refractivity contribution in [3.63, 3.8) is 0 Å². The van der Waals surface area contributed by atoms with Crippen molar-refractivity contribution >= 4 is 17.5 Å². The Morgan fingerprint density at radius 3 is 2.52 bits per heavy atom. The summed E-state index contributed by atoms with van der Waals surface area (Å²) in [6.45, 7) is 2.82. The van der Waals surface area contributed by atoms with Gasteiger partial charge in [-0.2, -0.15) is 0 Å². The minimum Gasteiger partial charge on any atom is -0.508 e. The molecular formula is C17H18ClNO2. The lowest BCUT2D eigenvalue weighted by atomic mass is 10.1. The molecule has 2 aromatic rings. The Labute approximate surface area is 129 Å². The number of phenols is 1. The van der Waals surface area contributed by atoms with Crippen LogP contribution in [-0.2, 0) is 6.54 Å². The van der Waals surface area contributed by atoms with E-state index < -0.39 is 0 Å². The molecule has 0 radical (unpaired) electrons. The molecule has 0 unspecified atom stereocenters. The number of halogens is 1. The number of aromatic hydroxyl groups is 1. The molecule has 110 valence electrons. The van der Waals surface area contributed by atoms with E-state index in [0.29, 0.717) is 24.5 Å². The highest BCUT2D eigenvalue weighted by molar-refractivity contribution is 6.18. The maximum Gasteiger partial charge on any atom is 0.254 e. The van der Waals surface area contributed by atoms with Gasteiger partial charge in [-0.15, -0.1) is 11.6 Å². The molecule has 0 bridgehead atoms. The molecule has 0 aliphatic carbocycles. The Morgan fingerprint density at radius 1 is 1.19 bits per heavy atom. The van der Waals surface area contributed by atoms with Crippen molar-refractivity contribution < 1.29 is 9.90 Å². The molecule has 1 amide bonds. The summed E-state index contributed by atoms with van der Waals surface area (Å²) in [4.78, 5) is 14.4. The van der Waals surface area contributed by atoms with Crippen LogP contribution in [0, 0.1) is 6.92 Å². The topological polar surface area (TPSA) is 40.5 Å². The van der Waals surface area contributed by atoms with E-state index in [1.165, 1.54) is 6.07 Å². The largest absolute Gasteiger partial charge is 0.508 e. The number of amides is 1. The summed E-state index contributed by atoms with van der Waals surface area (Å²) >= 11 is 5.83. The first-order valence-corrected chi connectivity index (χ1v) is 7.34. The zero-order valence-corrected chi connectivity index (χ0v) is 12.7. The minimum absolute atomic E-state index is 0.0722. The summed E-state index contributed by atoms with van der Waals surface area (Å²) in [5.41, 5.74) is 2.41. The fourth-order valence-corrected chi connectivity index (χ4v) is 2.42. The van der Waals surface area contributed by atoms with E-state index in [2.05, 4.69) is 0 Å². The highest BCUT2D eigenvalue weighted by Crippen LogP contribution is 2.18. The second kappa shape index (κ2) is 7.14. The molecule has 3 nitrogen and oxygen atoms in total. The van der Waals surface area contributed by atoms with Crippen molar-refractivity contribution in [2.75, 3.05) is 12.4 Å². The molecule has 0 saturated carbocycles. The summed E-state index contributed by atoms with van der Waals surface area (Å²) in [5, 5.41) is 9.45. The van der Waals surface area contributed by atoms with Crippen LogP contribution in [0.5, 0.6) is 5.75 Å². The number of nitrogens with zero attached hydrogens (tertiary/aromatic N) is 1. The van der Waals surface area contributed by atoms with E-state index in [4.69, 9.17) is 11.6 Å². The van der Waals surface area contributed by atoms with Crippen molar-refractivity contribution in [1.29, 1.82) is 0 Å². The van der Waals surface area contributed by atoms with Gasteiger partial charge in [0.15, 0.2) is 0 Å². The van der Waals surface area contributed by atoms with Gasteiger partial charge in [0.2, 0.25) is 0 Å². The van der Waals surface area contributed by atoms with Crippen LogP contribution in [0.3, 0.4) is 0 Å². The van der Waals surface area contributed by atoms with E-state index in [1.54, 1.807) is 17.0 Å². The molecule has 0 aliphatic rings. The van der Waals surface area contributed by atoms with E-state index in [1.807, 2.05) is 37.3 Å². The third kappa shape index (κ3) is 3.99. The number of rotatable bonds is 5. The summed E-state index contributed by atoms with van der Waals surface area (Å²) in [5.74, 6) is 0.475. The SMILES string of the molecule is Cc1cc(O)ccc1C(=O)N(CCCl)Cc1ccccc1. The molecule has 0 atom stereocenters. The Hall–Kier alpha value is -2.00. The Bertz CT molecular complexity index is 613. The smallest absolute Gasteiger partial charge is 0.254 e. The van der Waals surface area contributed by atoms with Crippen LogP contribution < -0.4 is 0 Å². The van der Waals surface area contributed by atoms with E-state index in [0.717, 1.165) is 11.1 Å². The van der Waals surface area contributed by atoms with Crippen LogP contribution in [-0.4, -0.2) is 28.3 Å². The fourth-order valence-electron chi connectivity index (χ4n) is 2.22. The number of hydrogen-bond acceptors (Lipinski definition) is 2. The fraction of sp³-hybridized carbons (Fsp3) is 0.235. The van der Waals surface area contributed by atoms with E-state index in [-0.39, 0.29) is 11.7 Å². The van der Waals surface area contributed by atoms with Crippen LogP contribution in [0.2, 0.25) is 0 Å². The Morgan fingerprint density at radius 2 is 1.90 bits per heavy atom. The maximum absolute atomic E-state index is 12.7. The van der Waals surface area contributed by atoms with Gasteiger partial charge in [0.1, 0.15) is 5.75 Å². The molecule has 0 spiro atoms. The number of alkyl halides is 1. The lowest BCUT2D eigenvalue weighted by molar-refractivity contribution is 0.0753. The molecule has 0 heterocycles. The number of benzene rings is 2. The summed E-state index contributed by atoms with van der Waals surface area (Å²) in [6, 6.07) is 14.6. The molecule has 2 aromatic carbocycles. The van der Waals surface area contributed by atoms with Gasteiger partial charge in [0.25, 0.3) is 5.91 Å². The zero-order valence-electron chi connectivity index (χ0n) is 11.9. The van der Waals surface area contributed by atoms with Crippen molar-refractivity contribution in [3.8, 4) is 5.75 Å². The molecule has 0 aromatic heterocycles. The number of carbonyl (C=O) groups excluding carboxylic acids is 1. The maximum atomic E-state index is 12.7. The molecule has 0 fully saturated rings. The van der Waals surface area contributed by atoms with Crippen molar-refractivity contribution in [1.82, 2.24) is 4.90 Å². The summed E-state index contributed by atoms with van der Waals surface area (Å²) in [6.07, 6.45) is 0. The zero-order chi connectivity index (χ0) is 15.2. The van der Waals surface area contributed by atoms with Crippen LogP contribution in [0.25, 0.3) is 0 Å². The van der Waals surface area contributed by atoms with Gasteiger partial charge in [-0.3, -0.25) is 4.79 Å². The minimum atomic E-state index is -0.0722. The first-order chi connectivity index (χ1) is 10.1. The third-order valence-electron chi connectivity index (χ3n) is 3.30. The van der Waals surface area contributed by atoms with Gasteiger partial charge in [0.05, 0.1) is 0 Å². The molecule has 1 N–H and O–H groups in total. The van der Waals surface area contributed by atoms with Crippen molar-refractivity contribution in [2.24, 2.45) is 0 Å². The van der Waals surface area contributed by atoms with E-state index >= 15 is 0 Å². The van der Waals surface area contributed by atoms with Gasteiger partial charge >= 0.3 is 0 Å². The average molecular weight is 304 g/mol. The predicted molar refractivity (Wildman–Crippen MR) is 84.7 cm³/mol. The van der Waals surface area contributed by atoms with Gasteiger partial charge in [-0.25, -0.2) is 0 Å². The van der Waals surface area contributed by atoms with Crippen LogP contribution in [0.1, 0.15) is 21.5 Å². The van der Waals surface area contributed by atoms with Gasteiger partial charge in [-0.1, -0.05) is 30.3 Å². The van der Waals surface area contributed by atoms with Crippen molar-refractivity contribution in [3.05, 3.63) is 65.2 Å². The molecule has 4 heteroatoms. The highest BCUT2D eigenvalue weighted by atomic mass is 35.5. The number of aryl methyl sites for hydroxylation is 1. The molecule has 0 saturated heterocycles.